The SMILES string of the molecule is CC/C=C(\C(C)=NCN)c1cccc(C(N)=O)c1. The van der Waals surface area contributed by atoms with Crippen LogP contribution in [0.4, 0.5) is 0 Å². The largest absolute Gasteiger partial charge is 0.366 e. The van der Waals surface area contributed by atoms with Gasteiger partial charge in [-0.1, -0.05) is 25.1 Å². The van der Waals surface area contributed by atoms with Gasteiger partial charge in [0.2, 0.25) is 5.91 Å². The van der Waals surface area contributed by atoms with E-state index >= 15 is 0 Å². The molecule has 1 rings (SSSR count). The Morgan fingerprint density at radius 1 is 1.39 bits per heavy atom. The van der Waals surface area contributed by atoms with E-state index in [0.29, 0.717) is 5.56 Å². The highest BCUT2D eigenvalue weighted by Crippen LogP contribution is 2.18. The van der Waals surface area contributed by atoms with Crippen molar-refractivity contribution >= 4 is 17.2 Å². The van der Waals surface area contributed by atoms with E-state index in [1.807, 2.05) is 26.0 Å². The molecule has 0 atom stereocenters. The number of hydrogen-bond acceptors (Lipinski definition) is 3. The van der Waals surface area contributed by atoms with Gasteiger partial charge in [-0.15, -0.1) is 0 Å². The molecule has 1 aromatic carbocycles. The van der Waals surface area contributed by atoms with Gasteiger partial charge in [0.25, 0.3) is 0 Å². The van der Waals surface area contributed by atoms with E-state index in [-0.39, 0.29) is 6.67 Å². The van der Waals surface area contributed by atoms with Gasteiger partial charge in [-0.25, -0.2) is 0 Å². The number of allylic oxidation sites excluding steroid dienone is 2. The number of carbonyl (C=O) groups excluding carboxylic acids is 1. The molecule has 0 bridgehead atoms. The minimum atomic E-state index is -0.430. The zero-order chi connectivity index (χ0) is 13.5. The highest BCUT2D eigenvalue weighted by atomic mass is 16.1. The first-order chi connectivity index (χ1) is 8.60. The molecule has 1 aromatic rings. The topological polar surface area (TPSA) is 81.5 Å². The van der Waals surface area contributed by atoms with Gasteiger partial charge in [-0.2, -0.15) is 0 Å². The predicted octanol–water partition coefficient (Wildman–Crippen LogP) is 1.96. The molecule has 0 fully saturated rings. The Labute approximate surface area is 107 Å². The summed E-state index contributed by atoms with van der Waals surface area (Å²) in [6, 6.07) is 7.22. The number of nitrogens with two attached hydrogens (primary N) is 2. The van der Waals surface area contributed by atoms with Crippen LogP contribution in [-0.4, -0.2) is 18.3 Å². The van der Waals surface area contributed by atoms with Crippen molar-refractivity contribution < 1.29 is 4.79 Å². The van der Waals surface area contributed by atoms with E-state index in [0.717, 1.165) is 23.3 Å². The Morgan fingerprint density at radius 2 is 2.06 bits per heavy atom. The third kappa shape index (κ3) is 3.53. The van der Waals surface area contributed by atoms with E-state index in [9.17, 15) is 4.79 Å². The number of aliphatic imine (C=N–C) groups is 1. The second-order valence-electron chi connectivity index (χ2n) is 3.90. The highest BCUT2D eigenvalue weighted by molar-refractivity contribution is 6.22. The molecular formula is C14H19N3O. The third-order valence-corrected chi connectivity index (χ3v) is 2.58. The summed E-state index contributed by atoms with van der Waals surface area (Å²) >= 11 is 0. The molecule has 0 heterocycles. The zero-order valence-electron chi connectivity index (χ0n) is 10.8. The maximum atomic E-state index is 11.2. The van der Waals surface area contributed by atoms with E-state index in [4.69, 9.17) is 11.5 Å². The molecule has 1 amide bonds. The number of amides is 1. The zero-order valence-corrected chi connectivity index (χ0v) is 10.8. The summed E-state index contributed by atoms with van der Waals surface area (Å²) in [7, 11) is 0. The summed E-state index contributed by atoms with van der Waals surface area (Å²) in [4.78, 5) is 15.4. The number of nitrogens with zero attached hydrogens (tertiary/aromatic N) is 1. The predicted molar refractivity (Wildman–Crippen MR) is 75.4 cm³/mol. The maximum Gasteiger partial charge on any atom is 0.248 e. The van der Waals surface area contributed by atoms with Gasteiger partial charge in [0, 0.05) is 11.3 Å². The highest BCUT2D eigenvalue weighted by Gasteiger charge is 2.07. The fourth-order valence-electron chi connectivity index (χ4n) is 1.74. The molecule has 4 nitrogen and oxygen atoms in total. The molecule has 0 aromatic heterocycles. The second-order valence-corrected chi connectivity index (χ2v) is 3.90. The minimum absolute atomic E-state index is 0.252. The van der Waals surface area contributed by atoms with Crippen molar-refractivity contribution in [3.63, 3.8) is 0 Å². The van der Waals surface area contributed by atoms with Crippen LogP contribution in [0, 0.1) is 0 Å². The van der Waals surface area contributed by atoms with Crippen LogP contribution in [0.25, 0.3) is 5.57 Å². The van der Waals surface area contributed by atoms with Crippen LogP contribution in [0.15, 0.2) is 35.3 Å². The van der Waals surface area contributed by atoms with E-state index in [2.05, 4.69) is 11.1 Å². The van der Waals surface area contributed by atoms with Crippen LogP contribution >= 0.6 is 0 Å². The minimum Gasteiger partial charge on any atom is -0.366 e. The molecule has 18 heavy (non-hydrogen) atoms. The fraction of sp³-hybridized carbons (Fsp3) is 0.286. The van der Waals surface area contributed by atoms with Crippen molar-refractivity contribution in [2.24, 2.45) is 16.5 Å². The maximum absolute atomic E-state index is 11.2. The van der Waals surface area contributed by atoms with E-state index in [1.54, 1.807) is 12.1 Å². The summed E-state index contributed by atoms with van der Waals surface area (Å²) in [6.45, 7) is 4.21. The number of hydrogen-bond donors (Lipinski definition) is 2. The van der Waals surface area contributed by atoms with E-state index in [1.165, 1.54) is 0 Å². The van der Waals surface area contributed by atoms with Crippen molar-refractivity contribution in [3.05, 3.63) is 41.5 Å². The first-order valence-corrected chi connectivity index (χ1v) is 5.92. The number of carbonyl (C=O) groups is 1. The van der Waals surface area contributed by atoms with Crippen molar-refractivity contribution in [2.75, 3.05) is 6.67 Å². The molecule has 96 valence electrons. The first-order valence-electron chi connectivity index (χ1n) is 5.92. The Balaban J connectivity index is 3.23. The van der Waals surface area contributed by atoms with Gasteiger partial charge in [-0.05, 0) is 36.6 Å². The van der Waals surface area contributed by atoms with Crippen LogP contribution in [-0.2, 0) is 0 Å². The average Bonchev–Trinajstić information content (AvgIpc) is 2.36. The lowest BCUT2D eigenvalue weighted by Crippen LogP contribution is -2.11. The first kappa shape index (κ1) is 14.1. The van der Waals surface area contributed by atoms with Crippen molar-refractivity contribution in [3.8, 4) is 0 Å². The van der Waals surface area contributed by atoms with Gasteiger partial charge in [0.05, 0.1) is 6.67 Å². The van der Waals surface area contributed by atoms with Crippen LogP contribution in [0.5, 0.6) is 0 Å². The van der Waals surface area contributed by atoms with Gasteiger partial charge >= 0.3 is 0 Å². The van der Waals surface area contributed by atoms with Crippen LogP contribution in [0.2, 0.25) is 0 Å². The molecule has 0 unspecified atom stereocenters. The Kier molecular flexibility index (Phi) is 5.27. The van der Waals surface area contributed by atoms with Gasteiger partial charge in [0.1, 0.15) is 0 Å². The smallest absolute Gasteiger partial charge is 0.248 e. The third-order valence-electron chi connectivity index (χ3n) is 2.58. The number of rotatable bonds is 5. The lowest BCUT2D eigenvalue weighted by Gasteiger charge is -2.08. The molecular weight excluding hydrogens is 226 g/mol. The average molecular weight is 245 g/mol. The van der Waals surface area contributed by atoms with Crippen LogP contribution < -0.4 is 11.5 Å². The lowest BCUT2D eigenvalue weighted by atomic mass is 9.98. The molecule has 4 heteroatoms. The summed E-state index contributed by atoms with van der Waals surface area (Å²) in [6.07, 6.45) is 2.95. The van der Waals surface area contributed by atoms with Crippen LogP contribution in [0.1, 0.15) is 36.2 Å². The standard InChI is InChI=1S/C14H19N3O/c1-3-5-13(10(2)17-9-15)11-6-4-7-12(8-11)14(16)18/h4-8H,3,9,15H2,1-2H3,(H2,16,18)/b13-5+,17-10?. The lowest BCUT2D eigenvalue weighted by molar-refractivity contribution is 0.100. The summed E-state index contributed by atoms with van der Waals surface area (Å²) in [5.74, 6) is -0.430. The quantitative estimate of drug-likeness (QED) is 0.777. The summed E-state index contributed by atoms with van der Waals surface area (Å²) < 4.78 is 0. The van der Waals surface area contributed by atoms with Crippen molar-refractivity contribution in [1.29, 1.82) is 0 Å². The van der Waals surface area contributed by atoms with Gasteiger partial charge in [0.15, 0.2) is 0 Å². The molecule has 0 saturated carbocycles. The second kappa shape index (κ2) is 6.71. The van der Waals surface area contributed by atoms with Gasteiger partial charge < -0.3 is 11.5 Å². The monoisotopic (exact) mass is 245 g/mol. The Morgan fingerprint density at radius 3 is 2.61 bits per heavy atom. The Bertz CT molecular complexity index is 490. The summed E-state index contributed by atoms with van der Waals surface area (Å²) in [5, 5.41) is 0. The molecule has 0 aliphatic heterocycles. The van der Waals surface area contributed by atoms with Crippen LogP contribution in [0.3, 0.4) is 0 Å². The molecule has 0 spiro atoms. The van der Waals surface area contributed by atoms with Crippen molar-refractivity contribution in [1.82, 2.24) is 0 Å². The summed E-state index contributed by atoms with van der Waals surface area (Å²) in [5.41, 5.74) is 14.0. The van der Waals surface area contributed by atoms with Gasteiger partial charge in [-0.3, -0.25) is 9.79 Å². The molecule has 4 N–H and O–H groups in total. The van der Waals surface area contributed by atoms with Crippen molar-refractivity contribution in [2.45, 2.75) is 20.3 Å². The molecule has 0 aliphatic rings. The van der Waals surface area contributed by atoms with E-state index < -0.39 is 5.91 Å². The molecule has 0 aliphatic carbocycles. The molecule has 0 radical (unpaired) electrons. The number of benzene rings is 1. The number of primary amides is 1. The molecule has 0 saturated heterocycles. The normalized spacial score (nSPS) is 12.6. The Hall–Kier alpha value is -1.94. The fourth-order valence-corrected chi connectivity index (χ4v) is 1.74.